The Bertz CT molecular complexity index is 781. The van der Waals surface area contributed by atoms with Gasteiger partial charge in [-0.3, -0.25) is 9.59 Å². The fourth-order valence-corrected chi connectivity index (χ4v) is 4.47. The van der Waals surface area contributed by atoms with E-state index in [1.54, 1.807) is 0 Å². The van der Waals surface area contributed by atoms with Crippen LogP contribution in [-0.2, 0) is 28.8 Å². The molecule has 186 valence electrons. The molecule has 10 nitrogen and oxygen atoms in total. The van der Waals surface area contributed by atoms with Crippen LogP contribution in [0.3, 0.4) is 0 Å². The summed E-state index contributed by atoms with van der Waals surface area (Å²) < 4.78 is 9.87. The molecule has 0 aromatic rings. The molecule has 2 fully saturated rings. The van der Waals surface area contributed by atoms with Crippen molar-refractivity contribution in [3.63, 3.8) is 0 Å². The van der Waals surface area contributed by atoms with Gasteiger partial charge >= 0.3 is 82.4 Å². The van der Waals surface area contributed by atoms with Gasteiger partial charge in [0.1, 0.15) is 6.10 Å². The first-order valence-corrected chi connectivity index (χ1v) is 11.4. The Morgan fingerprint density at radius 1 is 1.00 bits per heavy atom. The maximum absolute atomic E-state index is 11.1. The summed E-state index contributed by atoms with van der Waals surface area (Å²) in [6, 6.07) is 0. The minimum atomic E-state index is -0.391. The molecule has 4 aliphatic carbocycles. The number of rotatable bonds is 4. The third kappa shape index (κ3) is 10.5. The van der Waals surface area contributed by atoms with Crippen molar-refractivity contribution in [3.8, 4) is 0 Å². The smallest absolute Gasteiger partial charge is 0.309 e. The van der Waals surface area contributed by atoms with E-state index in [0.29, 0.717) is 30.9 Å². The van der Waals surface area contributed by atoms with Crippen LogP contribution in [-0.4, -0.2) is 55.7 Å². The number of methoxy groups -OCH3 is 1. The van der Waals surface area contributed by atoms with Gasteiger partial charge in [-0.2, -0.15) is 0 Å². The van der Waals surface area contributed by atoms with Crippen molar-refractivity contribution in [3.05, 3.63) is 24.3 Å². The van der Waals surface area contributed by atoms with E-state index in [9.17, 15) is 14.4 Å². The number of hydrogen-bond acceptors (Lipinski definition) is 8. The molecule has 4 bridgehead atoms. The van der Waals surface area contributed by atoms with E-state index in [4.69, 9.17) is 19.8 Å². The monoisotopic (exact) mass is 476 g/mol. The Morgan fingerprint density at radius 2 is 1.62 bits per heavy atom. The summed E-state index contributed by atoms with van der Waals surface area (Å²) in [4.78, 5) is 37.7. The number of carbonyl (C=O) groups is 3. The quantitative estimate of drug-likeness (QED) is 0.207. The van der Waals surface area contributed by atoms with E-state index in [1.807, 2.05) is 6.92 Å². The minimum Gasteiger partial charge on any atom is -0.469 e. The largest absolute Gasteiger partial charge is 0.469 e. The SMILES string of the molecule is CC(=O)N=BO.CC(=O)OC1C[C@@H]2C=C[C@H]1C2.CCB=NOO.COC(=O)C1C[C@@H]2C=C[C@H]1C2. The molecule has 0 aliphatic heterocycles. The molecule has 6 atom stereocenters. The third-order valence-electron chi connectivity index (χ3n) is 5.86. The molecule has 0 aromatic carbocycles. The van der Waals surface area contributed by atoms with Gasteiger partial charge in [0.2, 0.25) is 0 Å². The first kappa shape index (κ1) is 29.4. The van der Waals surface area contributed by atoms with Crippen molar-refractivity contribution in [1.82, 2.24) is 0 Å². The number of ether oxygens (including phenoxy) is 2. The van der Waals surface area contributed by atoms with Crippen LogP contribution in [0.25, 0.3) is 0 Å². The second-order valence-corrected chi connectivity index (χ2v) is 8.38. The predicted octanol–water partition coefficient (Wildman–Crippen LogP) is 2.93. The number of amides is 1. The summed E-state index contributed by atoms with van der Waals surface area (Å²) in [7, 11) is 3.40. The molecule has 4 rings (SSSR count). The minimum absolute atomic E-state index is 0.0261. The topological polar surface area (TPSA) is 144 Å². The van der Waals surface area contributed by atoms with Crippen molar-refractivity contribution < 1.29 is 39.1 Å². The average molecular weight is 476 g/mol. The molecule has 0 aromatic heterocycles. The van der Waals surface area contributed by atoms with Crippen LogP contribution < -0.4 is 0 Å². The van der Waals surface area contributed by atoms with Gasteiger partial charge in [-0.1, -0.05) is 24.3 Å². The molecule has 34 heavy (non-hydrogen) atoms. The summed E-state index contributed by atoms with van der Waals surface area (Å²) in [5.74, 6) is 1.94. The van der Waals surface area contributed by atoms with Gasteiger partial charge < -0.3 is 9.47 Å². The van der Waals surface area contributed by atoms with Gasteiger partial charge in [0, 0.05) is 12.8 Å². The molecular weight excluding hydrogens is 442 g/mol. The fourth-order valence-electron chi connectivity index (χ4n) is 4.47. The van der Waals surface area contributed by atoms with E-state index in [-0.39, 0.29) is 24.0 Å². The van der Waals surface area contributed by atoms with Crippen molar-refractivity contribution in [2.75, 3.05) is 7.11 Å². The van der Waals surface area contributed by atoms with Gasteiger partial charge in [-0.05, 0) is 43.4 Å². The second kappa shape index (κ2) is 16.1. The third-order valence-corrected chi connectivity index (χ3v) is 5.86. The first-order chi connectivity index (χ1) is 16.2. The number of esters is 2. The molecule has 2 unspecified atom stereocenters. The Balaban J connectivity index is 0.000000238. The van der Waals surface area contributed by atoms with Crippen molar-refractivity contribution in [2.24, 2.45) is 39.5 Å². The second-order valence-electron chi connectivity index (χ2n) is 8.38. The molecule has 0 spiro atoms. The maximum Gasteiger partial charge on any atom is 0.309 e. The number of fused-ring (bicyclic) bond motifs is 4. The van der Waals surface area contributed by atoms with Crippen LogP contribution in [0.2, 0.25) is 6.32 Å². The molecule has 4 aliphatic rings. The fraction of sp³-hybridized carbons (Fsp3) is 0.682. The molecule has 2 saturated carbocycles. The first-order valence-electron chi connectivity index (χ1n) is 11.4. The van der Waals surface area contributed by atoms with E-state index >= 15 is 0 Å². The van der Waals surface area contributed by atoms with Crippen molar-refractivity contribution >= 4 is 32.2 Å². The zero-order chi connectivity index (χ0) is 25.5. The van der Waals surface area contributed by atoms with Gasteiger partial charge in [-0.25, -0.2) is 0 Å². The van der Waals surface area contributed by atoms with Crippen molar-refractivity contribution in [2.45, 2.75) is 58.9 Å². The summed E-state index contributed by atoms with van der Waals surface area (Å²) in [5.41, 5.74) is 0. The molecule has 12 heteroatoms. The molecule has 0 heterocycles. The summed E-state index contributed by atoms with van der Waals surface area (Å²) >= 11 is 0. The van der Waals surface area contributed by atoms with Gasteiger partial charge in [-0.15, -0.1) is 0 Å². The average Bonchev–Trinajstić information content (AvgIpc) is 3.60. The summed E-state index contributed by atoms with van der Waals surface area (Å²) in [5, 5.41) is 18.2. The van der Waals surface area contributed by atoms with E-state index in [0.717, 1.165) is 19.2 Å². The van der Waals surface area contributed by atoms with Crippen LogP contribution in [0.5, 0.6) is 0 Å². The number of hydrogen-bond donors (Lipinski definition) is 2. The molecule has 0 saturated heterocycles. The van der Waals surface area contributed by atoms with Crippen molar-refractivity contribution in [1.29, 1.82) is 0 Å². The van der Waals surface area contributed by atoms with Crippen LogP contribution in [0.15, 0.2) is 34.3 Å². The predicted molar refractivity (Wildman–Crippen MR) is 125 cm³/mol. The maximum atomic E-state index is 11.1. The van der Waals surface area contributed by atoms with E-state index in [1.165, 1.54) is 40.9 Å². The molecular formula is C22H34B2N2O8. The van der Waals surface area contributed by atoms with Crippen LogP contribution in [0.4, 0.5) is 0 Å². The van der Waals surface area contributed by atoms with Gasteiger partial charge in [0.05, 0.1) is 13.0 Å². The summed E-state index contributed by atoms with van der Waals surface area (Å²) in [6.07, 6.45) is 14.2. The Kier molecular flexibility index (Phi) is 13.9. The molecule has 1 amide bonds. The van der Waals surface area contributed by atoms with E-state index < -0.39 is 5.91 Å². The Labute approximate surface area is 201 Å². The standard InChI is InChI=1S/2C9H12O2.C2H4BNO2.C2H6BNO2/c1-11-9(10)8-5-6-2-3-7(8)4-6;1-6(10)11-9-5-7-2-3-8(9)4-7;1-2(5)4-3-6;1-2-3-4-6-5/h2-3,6-8H,4-5H2,1H3;2-3,7-9H,4-5H2,1H3;6H,1H3;5H,2H2,1H3/t6-,7+,8?;7-,8+,9?;;/m11../s1. The van der Waals surface area contributed by atoms with E-state index in [2.05, 4.69) is 39.2 Å². The zero-order valence-corrected chi connectivity index (χ0v) is 20.2. The van der Waals surface area contributed by atoms with Crippen LogP contribution in [0, 0.1) is 29.6 Å². The number of carbonyl (C=O) groups excluding carboxylic acids is 3. The van der Waals surface area contributed by atoms with Gasteiger partial charge in [0.15, 0.2) is 0 Å². The Morgan fingerprint density at radius 3 is 1.91 bits per heavy atom. The Hall–Kier alpha value is -2.62. The molecule has 0 radical (unpaired) electrons. The van der Waals surface area contributed by atoms with Crippen LogP contribution >= 0.6 is 0 Å². The number of nitrogens with zero attached hydrogens (tertiary/aromatic N) is 2. The molecule has 2 N–H and O–H groups in total. The summed E-state index contributed by atoms with van der Waals surface area (Å²) in [6.45, 7) is 4.63. The number of allylic oxidation sites excluding steroid dienone is 3. The van der Waals surface area contributed by atoms with Crippen LogP contribution in [0.1, 0.15) is 46.5 Å². The van der Waals surface area contributed by atoms with Gasteiger partial charge in [0.25, 0.3) is 0 Å². The normalized spacial score (nSPS) is 28.5. The zero-order valence-electron chi connectivity index (χ0n) is 20.2.